The summed E-state index contributed by atoms with van der Waals surface area (Å²) in [6.07, 6.45) is 0. The van der Waals surface area contributed by atoms with E-state index in [4.69, 9.17) is 9.47 Å². The number of anilines is 1. The second-order valence-electron chi connectivity index (χ2n) is 7.07. The summed E-state index contributed by atoms with van der Waals surface area (Å²) >= 11 is 0. The second kappa shape index (κ2) is 10.7. The highest BCUT2D eigenvalue weighted by molar-refractivity contribution is 6.39. The number of nitrogens with one attached hydrogen (secondary N) is 2. The largest absolute Gasteiger partial charge is 0.496 e. The molecule has 0 aromatic heterocycles. The van der Waals surface area contributed by atoms with E-state index < -0.39 is 17.8 Å². The molecule has 3 aromatic carbocycles. The number of esters is 1. The maximum atomic E-state index is 12.4. The minimum absolute atomic E-state index is 0.313. The third-order valence-corrected chi connectivity index (χ3v) is 4.65. The Hall–Kier alpha value is -4.46. The number of ether oxygens (including phenoxy) is 2. The first-order chi connectivity index (χ1) is 15.9. The molecule has 0 aliphatic rings. The molecule has 33 heavy (non-hydrogen) atoms. The Morgan fingerprint density at radius 2 is 1.52 bits per heavy atom. The summed E-state index contributed by atoms with van der Waals surface area (Å²) in [5.41, 5.74) is 5.24. The lowest BCUT2D eigenvalue weighted by molar-refractivity contribution is -0.136. The van der Waals surface area contributed by atoms with E-state index in [1.165, 1.54) is 7.11 Å². The molecule has 0 heterocycles. The first-order valence-electron chi connectivity index (χ1n) is 10.1. The van der Waals surface area contributed by atoms with Crippen molar-refractivity contribution in [1.29, 1.82) is 0 Å². The van der Waals surface area contributed by atoms with Crippen molar-refractivity contribution in [2.24, 2.45) is 5.10 Å². The quantitative estimate of drug-likeness (QED) is 0.198. The van der Waals surface area contributed by atoms with Gasteiger partial charge in [0.2, 0.25) is 0 Å². The minimum Gasteiger partial charge on any atom is -0.496 e. The van der Waals surface area contributed by atoms with Gasteiger partial charge in [0.1, 0.15) is 17.1 Å². The number of benzene rings is 3. The van der Waals surface area contributed by atoms with Crippen LogP contribution in [0, 0.1) is 6.92 Å². The van der Waals surface area contributed by atoms with Crippen LogP contribution in [0.1, 0.15) is 28.4 Å². The Kier molecular flexibility index (Phi) is 7.54. The van der Waals surface area contributed by atoms with Crippen LogP contribution in [0.4, 0.5) is 5.69 Å². The fourth-order valence-electron chi connectivity index (χ4n) is 2.81. The second-order valence-corrected chi connectivity index (χ2v) is 7.07. The van der Waals surface area contributed by atoms with Crippen molar-refractivity contribution in [2.45, 2.75) is 13.8 Å². The van der Waals surface area contributed by atoms with Crippen LogP contribution in [0.15, 0.2) is 77.9 Å². The molecule has 2 N–H and O–H groups in total. The molecule has 3 aromatic rings. The number of para-hydroxylation sites is 1. The summed E-state index contributed by atoms with van der Waals surface area (Å²) in [5, 5.41) is 6.47. The highest BCUT2D eigenvalue weighted by Crippen LogP contribution is 2.21. The molecular weight excluding hydrogens is 422 g/mol. The zero-order valence-electron chi connectivity index (χ0n) is 18.4. The molecule has 0 aliphatic heterocycles. The third kappa shape index (κ3) is 6.27. The van der Waals surface area contributed by atoms with Gasteiger partial charge in [-0.2, -0.15) is 5.10 Å². The molecule has 0 fully saturated rings. The average Bonchev–Trinajstić information content (AvgIpc) is 2.84. The fourth-order valence-corrected chi connectivity index (χ4v) is 2.81. The maximum Gasteiger partial charge on any atom is 0.347 e. The van der Waals surface area contributed by atoms with Gasteiger partial charge < -0.3 is 14.8 Å². The Labute approximate surface area is 191 Å². The van der Waals surface area contributed by atoms with Crippen LogP contribution in [-0.2, 0) is 9.59 Å². The molecule has 0 atom stereocenters. The van der Waals surface area contributed by atoms with Gasteiger partial charge in [0.05, 0.1) is 12.8 Å². The number of carbonyl (C=O) groups excluding carboxylic acids is 3. The smallest absolute Gasteiger partial charge is 0.347 e. The Balaban J connectivity index is 1.58. The van der Waals surface area contributed by atoms with Gasteiger partial charge in [-0.1, -0.05) is 29.8 Å². The van der Waals surface area contributed by atoms with Crippen molar-refractivity contribution < 1.29 is 23.9 Å². The minimum atomic E-state index is -0.891. The first kappa shape index (κ1) is 23.2. The molecule has 0 saturated carbocycles. The molecule has 3 rings (SSSR count). The summed E-state index contributed by atoms with van der Waals surface area (Å²) in [7, 11) is 1.48. The molecule has 0 saturated heterocycles. The number of methoxy groups -OCH3 is 1. The molecule has 8 heteroatoms. The molecule has 168 valence electrons. The van der Waals surface area contributed by atoms with Crippen molar-refractivity contribution >= 4 is 29.2 Å². The van der Waals surface area contributed by atoms with Gasteiger partial charge in [-0.15, -0.1) is 0 Å². The maximum absolute atomic E-state index is 12.4. The lowest BCUT2D eigenvalue weighted by Gasteiger charge is -2.09. The van der Waals surface area contributed by atoms with Crippen LogP contribution in [0.2, 0.25) is 0 Å². The molecule has 0 radical (unpaired) electrons. The van der Waals surface area contributed by atoms with Crippen LogP contribution in [0.25, 0.3) is 0 Å². The van der Waals surface area contributed by atoms with Gasteiger partial charge in [0.15, 0.2) is 0 Å². The molecule has 0 unspecified atom stereocenters. The van der Waals surface area contributed by atoms with Gasteiger partial charge >= 0.3 is 17.8 Å². The van der Waals surface area contributed by atoms with E-state index >= 15 is 0 Å². The van der Waals surface area contributed by atoms with E-state index in [0.717, 1.165) is 5.56 Å². The monoisotopic (exact) mass is 445 g/mol. The molecule has 0 bridgehead atoms. The van der Waals surface area contributed by atoms with Crippen LogP contribution in [0.3, 0.4) is 0 Å². The molecular formula is C25H23N3O5. The molecule has 0 spiro atoms. The van der Waals surface area contributed by atoms with Crippen molar-refractivity contribution in [3.63, 3.8) is 0 Å². The fraction of sp³-hybridized carbons (Fsp3) is 0.120. The van der Waals surface area contributed by atoms with Crippen molar-refractivity contribution in [3.8, 4) is 11.5 Å². The van der Waals surface area contributed by atoms with Crippen LogP contribution in [-0.4, -0.2) is 30.6 Å². The van der Waals surface area contributed by atoms with E-state index in [2.05, 4.69) is 15.8 Å². The topological polar surface area (TPSA) is 106 Å². The van der Waals surface area contributed by atoms with Crippen LogP contribution in [0.5, 0.6) is 11.5 Å². The zero-order valence-corrected chi connectivity index (χ0v) is 18.4. The SMILES string of the molecule is COc1ccccc1C(=O)Oc1ccc(/C(C)=N/NC(=O)C(=O)Nc2ccc(C)cc2)cc1. The van der Waals surface area contributed by atoms with Gasteiger partial charge in [0.25, 0.3) is 0 Å². The molecule has 8 nitrogen and oxygen atoms in total. The van der Waals surface area contributed by atoms with Crippen LogP contribution >= 0.6 is 0 Å². The highest BCUT2D eigenvalue weighted by atomic mass is 16.5. The molecule has 0 aliphatic carbocycles. The summed E-state index contributed by atoms with van der Waals surface area (Å²) in [4.78, 5) is 36.4. The Bertz CT molecular complexity index is 1190. The number of rotatable bonds is 6. The lowest BCUT2D eigenvalue weighted by Crippen LogP contribution is -2.32. The van der Waals surface area contributed by atoms with E-state index in [0.29, 0.717) is 34.0 Å². The van der Waals surface area contributed by atoms with E-state index in [1.54, 1.807) is 67.6 Å². The Morgan fingerprint density at radius 1 is 0.848 bits per heavy atom. The predicted molar refractivity (Wildman–Crippen MR) is 125 cm³/mol. The van der Waals surface area contributed by atoms with E-state index in [1.807, 2.05) is 19.1 Å². The van der Waals surface area contributed by atoms with Gasteiger partial charge in [-0.25, -0.2) is 10.2 Å². The summed E-state index contributed by atoms with van der Waals surface area (Å²) < 4.78 is 10.6. The summed E-state index contributed by atoms with van der Waals surface area (Å²) in [6.45, 7) is 3.60. The van der Waals surface area contributed by atoms with Gasteiger partial charge in [-0.05, 0) is 67.9 Å². The van der Waals surface area contributed by atoms with Gasteiger partial charge in [0, 0.05) is 5.69 Å². The number of carbonyl (C=O) groups is 3. The number of nitrogens with zero attached hydrogens (tertiary/aromatic N) is 1. The van der Waals surface area contributed by atoms with E-state index in [9.17, 15) is 14.4 Å². The lowest BCUT2D eigenvalue weighted by atomic mass is 10.1. The first-order valence-corrected chi connectivity index (χ1v) is 10.1. The average molecular weight is 445 g/mol. The van der Waals surface area contributed by atoms with Crippen LogP contribution < -0.4 is 20.2 Å². The van der Waals surface area contributed by atoms with E-state index in [-0.39, 0.29) is 0 Å². The van der Waals surface area contributed by atoms with Crippen molar-refractivity contribution in [2.75, 3.05) is 12.4 Å². The zero-order chi connectivity index (χ0) is 23.8. The normalized spacial score (nSPS) is 10.8. The van der Waals surface area contributed by atoms with Crippen molar-refractivity contribution in [1.82, 2.24) is 5.43 Å². The third-order valence-electron chi connectivity index (χ3n) is 4.65. The van der Waals surface area contributed by atoms with Crippen molar-refractivity contribution in [3.05, 3.63) is 89.5 Å². The highest BCUT2D eigenvalue weighted by Gasteiger charge is 2.15. The number of hydrogen-bond acceptors (Lipinski definition) is 6. The number of amides is 2. The van der Waals surface area contributed by atoms with Gasteiger partial charge in [-0.3, -0.25) is 9.59 Å². The standard InChI is InChI=1S/C25H23N3O5/c1-16-8-12-19(13-9-16)26-23(29)24(30)28-27-17(2)18-10-14-20(15-11-18)33-25(31)21-6-4-5-7-22(21)32-3/h4-15H,1-3H3,(H,26,29)(H,28,30)/b27-17+. The predicted octanol–water partition coefficient (Wildman–Crippen LogP) is 3.70. The number of aryl methyl sites for hydroxylation is 1. The summed E-state index contributed by atoms with van der Waals surface area (Å²) in [6, 6.07) is 20.4. The number of hydrazone groups is 1. The number of hydrogen-bond donors (Lipinski definition) is 2. The Morgan fingerprint density at radius 3 is 2.18 bits per heavy atom. The summed E-state index contributed by atoms with van der Waals surface area (Å²) in [5.74, 6) is -1.50. The molecule has 2 amide bonds.